The first-order valence-corrected chi connectivity index (χ1v) is 10.2. The van der Waals surface area contributed by atoms with Crippen molar-refractivity contribution < 1.29 is 19.0 Å². The van der Waals surface area contributed by atoms with E-state index >= 15 is 0 Å². The normalized spacial score (nSPS) is 23.2. The average Bonchev–Trinajstić information content (AvgIpc) is 3.09. The summed E-state index contributed by atoms with van der Waals surface area (Å²) in [5.41, 5.74) is 2.22. The molecule has 2 heterocycles. The van der Waals surface area contributed by atoms with Crippen LogP contribution in [0.1, 0.15) is 17.7 Å². The minimum Gasteiger partial charge on any atom is -0.396 e. The van der Waals surface area contributed by atoms with Crippen molar-refractivity contribution in [3.63, 3.8) is 0 Å². The second-order valence-electron chi connectivity index (χ2n) is 7.87. The van der Waals surface area contributed by atoms with E-state index < -0.39 is 17.7 Å². The molecule has 0 saturated heterocycles. The van der Waals surface area contributed by atoms with Crippen LogP contribution in [0.15, 0.2) is 55.0 Å². The van der Waals surface area contributed by atoms with Gasteiger partial charge < -0.3 is 15.5 Å². The summed E-state index contributed by atoms with van der Waals surface area (Å²) in [4.78, 5) is 13.1. The van der Waals surface area contributed by atoms with Crippen molar-refractivity contribution in [2.24, 2.45) is 11.8 Å². The minimum absolute atomic E-state index is 0.0815. The molecule has 2 aromatic heterocycles. The fraction of sp³-hybridized carbons (Fsp3) is 0.348. The van der Waals surface area contributed by atoms with Gasteiger partial charge in [-0.25, -0.2) is 18.7 Å². The maximum absolute atomic E-state index is 13.5. The van der Waals surface area contributed by atoms with Crippen molar-refractivity contribution in [2.75, 3.05) is 6.61 Å². The van der Waals surface area contributed by atoms with Gasteiger partial charge in [0, 0.05) is 55.0 Å². The molecule has 1 fully saturated rings. The van der Waals surface area contributed by atoms with Crippen molar-refractivity contribution in [1.29, 1.82) is 0 Å². The molecule has 1 aliphatic carbocycles. The second kappa shape index (κ2) is 9.55. The Balaban J connectivity index is 1.50. The Morgan fingerprint density at radius 1 is 1.06 bits per heavy atom. The number of pyridine rings is 1. The second-order valence-corrected chi connectivity index (χ2v) is 7.87. The van der Waals surface area contributed by atoms with Crippen molar-refractivity contribution in [1.82, 2.24) is 20.3 Å². The number of nitrogens with one attached hydrogen (secondary N) is 1. The van der Waals surface area contributed by atoms with Crippen molar-refractivity contribution >= 4 is 0 Å². The highest BCUT2D eigenvalue weighted by Crippen LogP contribution is 2.35. The van der Waals surface area contributed by atoms with Gasteiger partial charge in [-0.2, -0.15) is 0 Å². The Bertz CT molecular complexity index is 1020. The van der Waals surface area contributed by atoms with Crippen LogP contribution in [0, 0.1) is 23.5 Å². The van der Waals surface area contributed by atoms with Gasteiger partial charge in [-0.15, -0.1) is 0 Å². The topological polar surface area (TPSA) is 91.2 Å². The summed E-state index contributed by atoms with van der Waals surface area (Å²) in [5.74, 6) is -1.59. The smallest absolute Gasteiger partial charge is 0.160 e. The van der Waals surface area contributed by atoms with Crippen LogP contribution < -0.4 is 5.32 Å². The molecule has 162 valence electrons. The Kier molecular flexibility index (Phi) is 6.60. The van der Waals surface area contributed by atoms with E-state index in [0.717, 1.165) is 23.4 Å². The zero-order valence-electron chi connectivity index (χ0n) is 16.8. The maximum atomic E-state index is 13.5. The lowest BCUT2D eigenvalue weighted by molar-refractivity contribution is 0.0716. The van der Waals surface area contributed by atoms with Crippen LogP contribution in [0.2, 0.25) is 0 Å². The molecule has 4 rings (SSSR count). The Morgan fingerprint density at radius 3 is 2.68 bits per heavy atom. The van der Waals surface area contributed by atoms with Gasteiger partial charge in [-0.05, 0) is 54.7 Å². The Hall–Kier alpha value is -2.81. The molecule has 1 aromatic carbocycles. The van der Waals surface area contributed by atoms with Crippen molar-refractivity contribution in [3.8, 4) is 11.4 Å². The van der Waals surface area contributed by atoms with Crippen LogP contribution in [0.4, 0.5) is 8.78 Å². The number of halogens is 2. The summed E-state index contributed by atoms with van der Waals surface area (Å²) in [6, 6.07) is 9.21. The van der Waals surface area contributed by atoms with Gasteiger partial charge >= 0.3 is 0 Å². The number of benzene rings is 1. The fourth-order valence-corrected chi connectivity index (χ4v) is 4.26. The Morgan fingerprint density at radius 2 is 1.94 bits per heavy atom. The van der Waals surface area contributed by atoms with Gasteiger partial charge in [0.1, 0.15) is 0 Å². The third-order valence-electron chi connectivity index (χ3n) is 5.90. The van der Waals surface area contributed by atoms with Crippen LogP contribution in [0.25, 0.3) is 11.4 Å². The van der Waals surface area contributed by atoms with E-state index in [4.69, 9.17) is 0 Å². The summed E-state index contributed by atoms with van der Waals surface area (Å²) in [6.07, 6.45) is 5.40. The molecule has 1 saturated carbocycles. The zero-order valence-corrected chi connectivity index (χ0v) is 16.8. The first-order chi connectivity index (χ1) is 15.0. The van der Waals surface area contributed by atoms with Gasteiger partial charge in [0.2, 0.25) is 0 Å². The molecule has 3 aromatic rings. The molecule has 0 bridgehead atoms. The monoisotopic (exact) mass is 426 g/mol. The van der Waals surface area contributed by atoms with E-state index in [9.17, 15) is 19.0 Å². The molecule has 1 aliphatic rings. The molecule has 6 nitrogen and oxygen atoms in total. The molecule has 3 N–H and O–H groups in total. The number of aromatic nitrogens is 3. The number of rotatable bonds is 7. The van der Waals surface area contributed by atoms with Gasteiger partial charge in [0.25, 0.3) is 0 Å². The first kappa shape index (κ1) is 21.4. The molecular weight excluding hydrogens is 402 g/mol. The van der Waals surface area contributed by atoms with Gasteiger partial charge in [-0.1, -0.05) is 6.07 Å². The van der Waals surface area contributed by atoms with E-state index in [1.165, 1.54) is 6.07 Å². The van der Waals surface area contributed by atoms with Crippen molar-refractivity contribution in [2.45, 2.75) is 31.5 Å². The average molecular weight is 426 g/mol. The summed E-state index contributed by atoms with van der Waals surface area (Å²) >= 11 is 0. The maximum Gasteiger partial charge on any atom is 0.160 e. The summed E-state index contributed by atoms with van der Waals surface area (Å²) in [6.45, 7) is 0.184. The molecule has 4 unspecified atom stereocenters. The highest BCUT2D eigenvalue weighted by atomic mass is 19.2. The number of aliphatic hydroxyl groups excluding tert-OH is 2. The van der Waals surface area contributed by atoms with E-state index in [-0.39, 0.29) is 24.5 Å². The predicted molar refractivity (Wildman–Crippen MR) is 111 cm³/mol. The summed E-state index contributed by atoms with van der Waals surface area (Å²) in [7, 11) is 0. The molecule has 0 radical (unpaired) electrons. The quantitative estimate of drug-likeness (QED) is 0.538. The third kappa shape index (κ3) is 4.92. The lowest BCUT2D eigenvalue weighted by atomic mass is 9.88. The molecule has 8 heteroatoms. The molecule has 0 spiro atoms. The third-order valence-corrected chi connectivity index (χ3v) is 5.90. The number of hydrogen-bond acceptors (Lipinski definition) is 6. The largest absolute Gasteiger partial charge is 0.396 e. The summed E-state index contributed by atoms with van der Waals surface area (Å²) < 4.78 is 26.7. The molecular formula is C23H24F2N4O2. The lowest BCUT2D eigenvalue weighted by Gasteiger charge is -2.25. The minimum atomic E-state index is -0.889. The summed E-state index contributed by atoms with van der Waals surface area (Å²) in [5, 5.41) is 23.7. The number of hydrogen-bond donors (Lipinski definition) is 3. The Labute approximate surface area is 179 Å². The molecule has 4 atom stereocenters. The highest BCUT2D eigenvalue weighted by molar-refractivity contribution is 5.52. The van der Waals surface area contributed by atoms with Crippen LogP contribution in [-0.4, -0.2) is 43.9 Å². The zero-order chi connectivity index (χ0) is 21.8. The highest BCUT2D eigenvalue weighted by Gasteiger charge is 2.42. The molecule has 0 aliphatic heterocycles. The lowest BCUT2D eigenvalue weighted by Crippen LogP contribution is -2.36. The van der Waals surface area contributed by atoms with Crippen LogP contribution in [0.5, 0.6) is 0 Å². The molecule has 0 amide bonds. The van der Waals surface area contributed by atoms with Gasteiger partial charge in [0.15, 0.2) is 17.5 Å². The first-order valence-electron chi connectivity index (χ1n) is 10.2. The van der Waals surface area contributed by atoms with Crippen LogP contribution in [0.3, 0.4) is 0 Å². The van der Waals surface area contributed by atoms with Crippen LogP contribution in [-0.2, 0) is 13.0 Å². The predicted octanol–water partition coefficient (Wildman–Crippen LogP) is 2.51. The van der Waals surface area contributed by atoms with E-state index in [1.807, 2.05) is 18.2 Å². The molecule has 31 heavy (non-hydrogen) atoms. The van der Waals surface area contributed by atoms with Crippen LogP contribution >= 0.6 is 0 Å². The van der Waals surface area contributed by atoms with E-state index in [1.54, 1.807) is 18.6 Å². The fourth-order valence-electron chi connectivity index (χ4n) is 4.26. The van der Waals surface area contributed by atoms with E-state index in [2.05, 4.69) is 20.3 Å². The number of aliphatic hydroxyl groups is 2. The van der Waals surface area contributed by atoms with Gasteiger partial charge in [0.05, 0.1) is 6.10 Å². The SMILES string of the molecule is OCC1C(O)CC(NCc2ccc(F)c(F)c2)C1Cc1ccnc(-c2cccnc2)n1. The standard InChI is InChI=1S/C23H24F2N4O2/c24-19-4-3-14(8-20(19)25)11-28-21-10-22(31)18(13-30)17(21)9-16-5-7-27-23(29-16)15-2-1-6-26-12-15/h1-8,12,17-18,21-22,28,30-31H,9-11,13H2. The number of nitrogens with zero attached hydrogens (tertiary/aromatic N) is 3. The van der Waals surface area contributed by atoms with Gasteiger partial charge in [-0.3, -0.25) is 4.98 Å². The van der Waals surface area contributed by atoms with E-state index in [0.29, 0.717) is 30.8 Å². The van der Waals surface area contributed by atoms with Crippen molar-refractivity contribution in [3.05, 3.63) is 77.9 Å².